The molecule has 0 unspecified atom stereocenters. The molecule has 0 heterocycles. The first-order valence-electron chi connectivity index (χ1n) is 6.21. The van der Waals surface area contributed by atoms with E-state index in [9.17, 15) is 0 Å². The molecule has 0 aliphatic rings. The summed E-state index contributed by atoms with van der Waals surface area (Å²) in [4.78, 5) is 2.30. The second-order valence-corrected chi connectivity index (χ2v) is 4.38. The third kappa shape index (κ3) is 3.21. The molecular weight excluding hydrogens is 208 g/mol. The molecular formula is C15H20N2. The van der Waals surface area contributed by atoms with E-state index < -0.39 is 0 Å². The zero-order chi connectivity index (χ0) is 12.1. The quantitative estimate of drug-likeness (QED) is 0.845. The van der Waals surface area contributed by atoms with E-state index >= 15 is 0 Å². The maximum atomic E-state index is 3.46. The van der Waals surface area contributed by atoms with Crippen LogP contribution in [0.3, 0.4) is 0 Å². The first-order valence-corrected chi connectivity index (χ1v) is 6.21. The number of anilines is 1. The Kier molecular flexibility index (Phi) is 3.99. The van der Waals surface area contributed by atoms with Gasteiger partial charge in [-0.15, -0.1) is 0 Å². The highest BCUT2D eigenvalue weighted by Crippen LogP contribution is 2.18. The summed E-state index contributed by atoms with van der Waals surface area (Å²) < 4.78 is 0. The normalized spacial score (nSPS) is 11.0. The Morgan fingerprint density at radius 1 is 1.06 bits per heavy atom. The zero-order valence-corrected chi connectivity index (χ0v) is 10.6. The van der Waals surface area contributed by atoms with Crippen LogP contribution in [0, 0.1) is 0 Å². The summed E-state index contributed by atoms with van der Waals surface area (Å²) in [5.41, 5.74) is 1.20. The molecule has 0 amide bonds. The van der Waals surface area contributed by atoms with Crippen molar-refractivity contribution in [2.24, 2.45) is 0 Å². The summed E-state index contributed by atoms with van der Waals surface area (Å²) in [5, 5.41) is 6.05. The Balaban J connectivity index is 1.99. The van der Waals surface area contributed by atoms with Crippen molar-refractivity contribution in [2.45, 2.75) is 6.92 Å². The molecule has 2 heteroatoms. The molecule has 0 aliphatic heterocycles. The van der Waals surface area contributed by atoms with Gasteiger partial charge in [-0.3, -0.25) is 0 Å². The third-order valence-corrected chi connectivity index (χ3v) is 3.11. The number of hydrogen-bond donors (Lipinski definition) is 1. The van der Waals surface area contributed by atoms with Crippen LogP contribution >= 0.6 is 0 Å². The second-order valence-electron chi connectivity index (χ2n) is 4.38. The second kappa shape index (κ2) is 5.69. The van der Waals surface area contributed by atoms with Crippen LogP contribution in [-0.2, 0) is 0 Å². The van der Waals surface area contributed by atoms with Crippen molar-refractivity contribution < 1.29 is 0 Å². The average Bonchev–Trinajstić information content (AvgIpc) is 2.38. The van der Waals surface area contributed by atoms with E-state index in [4.69, 9.17) is 0 Å². The maximum absolute atomic E-state index is 3.46. The molecule has 0 radical (unpaired) electrons. The van der Waals surface area contributed by atoms with Gasteiger partial charge >= 0.3 is 0 Å². The Labute approximate surface area is 103 Å². The molecule has 2 nitrogen and oxygen atoms in total. The van der Waals surface area contributed by atoms with E-state index in [-0.39, 0.29) is 0 Å². The molecule has 0 saturated heterocycles. The molecule has 2 aromatic rings. The van der Waals surface area contributed by atoms with Crippen LogP contribution < -0.4 is 5.32 Å². The van der Waals surface area contributed by atoms with Gasteiger partial charge in [0, 0.05) is 18.8 Å². The molecule has 0 fully saturated rings. The number of nitrogens with zero attached hydrogens (tertiary/aromatic N) is 1. The van der Waals surface area contributed by atoms with Crippen LogP contribution in [0.5, 0.6) is 0 Å². The number of fused-ring (bicyclic) bond motifs is 1. The molecule has 0 spiro atoms. The van der Waals surface area contributed by atoms with E-state index in [1.807, 2.05) is 0 Å². The fraction of sp³-hybridized carbons (Fsp3) is 0.333. The molecule has 90 valence electrons. The van der Waals surface area contributed by atoms with Crippen molar-refractivity contribution in [3.8, 4) is 0 Å². The number of benzene rings is 2. The maximum Gasteiger partial charge on any atom is 0.0347 e. The van der Waals surface area contributed by atoms with E-state index in [2.05, 4.69) is 66.7 Å². The van der Waals surface area contributed by atoms with Crippen LogP contribution in [0.2, 0.25) is 0 Å². The van der Waals surface area contributed by atoms with Gasteiger partial charge in [0.25, 0.3) is 0 Å². The largest absolute Gasteiger partial charge is 0.384 e. The molecule has 2 aromatic carbocycles. The zero-order valence-electron chi connectivity index (χ0n) is 10.6. The van der Waals surface area contributed by atoms with Crippen molar-refractivity contribution in [1.29, 1.82) is 0 Å². The van der Waals surface area contributed by atoms with Gasteiger partial charge in [-0.2, -0.15) is 0 Å². The Morgan fingerprint density at radius 3 is 2.59 bits per heavy atom. The lowest BCUT2D eigenvalue weighted by Crippen LogP contribution is -2.24. The summed E-state index contributed by atoms with van der Waals surface area (Å²) in [5.74, 6) is 0. The van der Waals surface area contributed by atoms with E-state index in [0.717, 1.165) is 19.6 Å². The van der Waals surface area contributed by atoms with Gasteiger partial charge in [0.1, 0.15) is 0 Å². The number of likely N-dealkylation sites (N-methyl/N-ethyl adjacent to an activating group) is 1. The van der Waals surface area contributed by atoms with Gasteiger partial charge in [-0.1, -0.05) is 37.3 Å². The average molecular weight is 228 g/mol. The van der Waals surface area contributed by atoms with Crippen molar-refractivity contribution in [1.82, 2.24) is 4.90 Å². The van der Waals surface area contributed by atoms with Crippen molar-refractivity contribution in [3.63, 3.8) is 0 Å². The van der Waals surface area contributed by atoms with Gasteiger partial charge < -0.3 is 10.2 Å². The van der Waals surface area contributed by atoms with Crippen LogP contribution in [-0.4, -0.2) is 31.6 Å². The fourth-order valence-corrected chi connectivity index (χ4v) is 1.85. The Morgan fingerprint density at radius 2 is 1.82 bits per heavy atom. The highest BCUT2D eigenvalue weighted by Gasteiger charge is 1.97. The third-order valence-electron chi connectivity index (χ3n) is 3.11. The van der Waals surface area contributed by atoms with Crippen LogP contribution in [0.4, 0.5) is 5.69 Å². The van der Waals surface area contributed by atoms with Gasteiger partial charge in [0.05, 0.1) is 0 Å². The van der Waals surface area contributed by atoms with Crippen molar-refractivity contribution in [3.05, 3.63) is 42.5 Å². The Hall–Kier alpha value is -1.54. The van der Waals surface area contributed by atoms with E-state index in [1.54, 1.807) is 0 Å². The van der Waals surface area contributed by atoms with Crippen LogP contribution in [0.25, 0.3) is 10.8 Å². The lowest BCUT2D eigenvalue weighted by molar-refractivity contribution is 0.367. The Bertz CT molecular complexity index is 479. The van der Waals surface area contributed by atoms with Gasteiger partial charge in [-0.05, 0) is 36.5 Å². The lowest BCUT2D eigenvalue weighted by Gasteiger charge is -2.14. The SMILES string of the molecule is CCN(C)CCNc1ccc2ccccc2c1. The molecule has 17 heavy (non-hydrogen) atoms. The van der Waals surface area contributed by atoms with Gasteiger partial charge in [0.15, 0.2) is 0 Å². The highest BCUT2D eigenvalue weighted by molar-refractivity contribution is 5.85. The first-order chi connectivity index (χ1) is 8.29. The monoisotopic (exact) mass is 228 g/mol. The lowest BCUT2D eigenvalue weighted by atomic mass is 10.1. The van der Waals surface area contributed by atoms with Gasteiger partial charge in [0.2, 0.25) is 0 Å². The first kappa shape index (κ1) is 11.9. The number of rotatable bonds is 5. The molecule has 0 aromatic heterocycles. The number of nitrogens with one attached hydrogen (secondary N) is 1. The highest BCUT2D eigenvalue weighted by atomic mass is 15.1. The molecule has 0 saturated carbocycles. The minimum absolute atomic E-state index is 0.989. The van der Waals surface area contributed by atoms with Crippen LogP contribution in [0.15, 0.2) is 42.5 Å². The summed E-state index contributed by atoms with van der Waals surface area (Å²) >= 11 is 0. The topological polar surface area (TPSA) is 15.3 Å². The standard InChI is InChI=1S/C15H20N2/c1-3-17(2)11-10-16-15-9-8-13-6-4-5-7-14(13)12-15/h4-9,12,16H,3,10-11H2,1-2H3. The summed E-state index contributed by atoms with van der Waals surface area (Å²) in [6.45, 7) is 5.33. The molecule has 0 bridgehead atoms. The molecule has 2 rings (SSSR count). The molecule has 1 N–H and O–H groups in total. The minimum Gasteiger partial charge on any atom is -0.384 e. The van der Waals surface area contributed by atoms with Crippen molar-refractivity contribution >= 4 is 16.5 Å². The van der Waals surface area contributed by atoms with Crippen molar-refractivity contribution in [2.75, 3.05) is 32.0 Å². The van der Waals surface area contributed by atoms with E-state index in [0.29, 0.717) is 0 Å². The summed E-state index contributed by atoms with van der Waals surface area (Å²) in [6.07, 6.45) is 0. The number of hydrogen-bond acceptors (Lipinski definition) is 2. The van der Waals surface area contributed by atoms with Crippen LogP contribution in [0.1, 0.15) is 6.92 Å². The van der Waals surface area contributed by atoms with E-state index in [1.165, 1.54) is 16.5 Å². The predicted octanol–water partition coefficient (Wildman–Crippen LogP) is 3.20. The molecule has 0 atom stereocenters. The molecule has 0 aliphatic carbocycles. The predicted molar refractivity (Wildman–Crippen MR) is 75.6 cm³/mol. The minimum atomic E-state index is 0.989. The summed E-state index contributed by atoms with van der Waals surface area (Å²) in [6, 6.07) is 15.0. The summed E-state index contributed by atoms with van der Waals surface area (Å²) in [7, 11) is 2.14. The fourth-order valence-electron chi connectivity index (χ4n) is 1.85. The smallest absolute Gasteiger partial charge is 0.0347 e. The van der Waals surface area contributed by atoms with Gasteiger partial charge in [-0.25, -0.2) is 0 Å².